The van der Waals surface area contributed by atoms with Crippen molar-refractivity contribution in [1.82, 2.24) is 5.32 Å². The highest BCUT2D eigenvalue weighted by molar-refractivity contribution is 7.80. The average molecular weight is 222 g/mol. The Kier molecular flexibility index (Phi) is 2.42. The molecule has 0 aromatic heterocycles. The number of carbonyl (C=O) groups is 1. The molecule has 0 aliphatic carbocycles. The van der Waals surface area contributed by atoms with Gasteiger partial charge in [-0.1, -0.05) is 0 Å². The first-order chi connectivity index (χ1) is 7.15. The molecule has 1 heterocycles. The molecule has 1 aliphatic heterocycles. The molecular weight excluding hydrogens is 212 g/mol. The van der Waals surface area contributed by atoms with Crippen LogP contribution >= 0.6 is 12.2 Å². The third-order valence-electron chi connectivity index (χ3n) is 2.06. The van der Waals surface area contributed by atoms with E-state index in [4.69, 9.17) is 18.0 Å². The standard InChI is InChI=1S/C9H10N4OS/c10-8(15)12-6-1-2-7-5(3-6)4-11-9(14)13-7/h1-3H,4H2,(H3,10,12,15)(H2,11,13,14). The number of benzene rings is 1. The lowest BCUT2D eigenvalue weighted by atomic mass is 10.1. The number of hydrogen-bond acceptors (Lipinski definition) is 2. The fraction of sp³-hybridized carbons (Fsp3) is 0.111. The summed E-state index contributed by atoms with van der Waals surface area (Å²) in [4.78, 5) is 11.0. The van der Waals surface area contributed by atoms with Crippen molar-refractivity contribution in [2.24, 2.45) is 5.73 Å². The summed E-state index contributed by atoms with van der Waals surface area (Å²) in [5.41, 5.74) is 7.98. The Balaban J connectivity index is 2.26. The number of rotatable bonds is 1. The second-order valence-electron chi connectivity index (χ2n) is 3.17. The summed E-state index contributed by atoms with van der Waals surface area (Å²) >= 11 is 4.73. The fourth-order valence-electron chi connectivity index (χ4n) is 1.42. The van der Waals surface area contributed by atoms with E-state index in [0.29, 0.717) is 6.54 Å². The van der Waals surface area contributed by atoms with Crippen LogP contribution in [-0.2, 0) is 6.54 Å². The van der Waals surface area contributed by atoms with Crippen LogP contribution in [0.25, 0.3) is 0 Å². The zero-order valence-corrected chi connectivity index (χ0v) is 8.65. The molecule has 15 heavy (non-hydrogen) atoms. The molecular formula is C9H10N4OS. The van der Waals surface area contributed by atoms with Crippen LogP contribution < -0.4 is 21.7 Å². The maximum atomic E-state index is 11.0. The highest BCUT2D eigenvalue weighted by atomic mass is 32.1. The Hall–Kier alpha value is -1.82. The van der Waals surface area contributed by atoms with Gasteiger partial charge in [0, 0.05) is 17.9 Å². The Morgan fingerprint density at radius 3 is 3.07 bits per heavy atom. The molecule has 0 fully saturated rings. The van der Waals surface area contributed by atoms with Crippen molar-refractivity contribution in [2.75, 3.05) is 10.6 Å². The maximum Gasteiger partial charge on any atom is 0.319 e. The van der Waals surface area contributed by atoms with Crippen molar-refractivity contribution in [3.8, 4) is 0 Å². The van der Waals surface area contributed by atoms with Crippen molar-refractivity contribution in [3.05, 3.63) is 23.8 Å². The molecule has 0 saturated carbocycles. The van der Waals surface area contributed by atoms with Crippen LogP contribution in [0.1, 0.15) is 5.56 Å². The van der Waals surface area contributed by atoms with Crippen LogP contribution in [0.15, 0.2) is 18.2 Å². The van der Waals surface area contributed by atoms with Gasteiger partial charge in [-0.15, -0.1) is 0 Å². The van der Waals surface area contributed by atoms with Crippen molar-refractivity contribution >= 4 is 34.7 Å². The third-order valence-corrected chi connectivity index (χ3v) is 2.16. The molecule has 78 valence electrons. The van der Waals surface area contributed by atoms with E-state index in [2.05, 4.69) is 16.0 Å². The highest BCUT2D eigenvalue weighted by Crippen LogP contribution is 2.22. The van der Waals surface area contributed by atoms with Crippen molar-refractivity contribution < 1.29 is 4.79 Å². The minimum atomic E-state index is -0.183. The van der Waals surface area contributed by atoms with Gasteiger partial charge in [0.05, 0.1) is 0 Å². The van der Waals surface area contributed by atoms with Gasteiger partial charge < -0.3 is 21.7 Å². The molecule has 5 nitrogen and oxygen atoms in total. The predicted molar refractivity (Wildman–Crippen MR) is 62.7 cm³/mol. The number of nitrogens with two attached hydrogens (primary N) is 1. The summed E-state index contributed by atoms with van der Waals surface area (Å²) in [6.45, 7) is 0.508. The lowest BCUT2D eigenvalue weighted by Crippen LogP contribution is -2.33. The van der Waals surface area contributed by atoms with Gasteiger partial charge >= 0.3 is 6.03 Å². The number of thiocarbonyl (C=S) groups is 1. The van der Waals surface area contributed by atoms with Crippen LogP contribution in [0.3, 0.4) is 0 Å². The molecule has 0 bridgehead atoms. The maximum absolute atomic E-state index is 11.0. The van der Waals surface area contributed by atoms with Gasteiger partial charge in [-0.25, -0.2) is 4.79 Å². The topological polar surface area (TPSA) is 79.2 Å². The third kappa shape index (κ3) is 2.16. The second kappa shape index (κ2) is 3.74. The molecule has 0 unspecified atom stereocenters. The van der Waals surface area contributed by atoms with E-state index in [1.54, 1.807) is 0 Å². The number of hydrogen-bond donors (Lipinski definition) is 4. The number of anilines is 2. The van der Waals surface area contributed by atoms with Gasteiger partial charge in [0.15, 0.2) is 5.11 Å². The van der Waals surface area contributed by atoms with E-state index >= 15 is 0 Å². The SMILES string of the molecule is NC(=S)Nc1ccc2c(c1)CNC(=O)N2. The molecule has 0 saturated heterocycles. The Morgan fingerprint density at radius 2 is 2.33 bits per heavy atom. The average Bonchev–Trinajstić information content (AvgIpc) is 2.17. The van der Waals surface area contributed by atoms with Gasteiger partial charge in [-0.05, 0) is 36.0 Å². The quantitative estimate of drug-likeness (QED) is 0.534. The molecule has 2 rings (SSSR count). The summed E-state index contributed by atoms with van der Waals surface area (Å²) in [5.74, 6) is 0. The zero-order valence-electron chi connectivity index (χ0n) is 7.83. The minimum absolute atomic E-state index is 0.183. The number of nitrogens with one attached hydrogen (secondary N) is 3. The number of fused-ring (bicyclic) bond motifs is 1. The number of amides is 2. The highest BCUT2D eigenvalue weighted by Gasteiger charge is 2.13. The Labute approximate surface area is 92.0 Å². The molecule has 0 radical (unpaired) electrons. The smallest absolute Gasteiger partial charge is 0.319 e. The summed E-state index contributed by atoms with van der Waals surface area (Å²) < 4.78 is 0. The Morgan fingerprint density at radius 1 is 1.53 bits per heavy atom. The lowest BCUT2D eigenvalue weighted by Gasteiger charge is -2.19. The van der Waals surface area contributed by atoms with Gasteiger partial charge in [-0.2, -0.15) is 0 Å². The monoisotopic (exact) mass is 222 g/mol. The summed E-state index contributed by atoms with van der Waals surface area (Å²) in [5, 5.41) is 8.43. The zero-order chi connectivity index (χ0) is 10.8. The summed E-state index contributed by atoms with van der Waals surface area (Å²) in [6, 6.07) is 5.33. The first kappa shape index (κ1) is 9.72. The van der Waals surface area contributed by atoms with Crippen molar-refractivity contribution in [1.29, 1.82) is 0 Å². The van der Waals surface area contributed by atoms with Gasteiger partial charge in [0.2, 0.25) is 0 Å². The van der Waals surface area contributed by atoms with Crippen LogP contribution in [0.2, 0.25) is 0 Å². The normalized spacial score (nSPS) is 13.5. The number of urea groups is 1. The van der Waals surface area contributed by atoms with Gasteiger partial charge in [-0.3, -0.25) is 0 Å². The van der Waals surface area contributed by atoms with E-state index in [1.807, 2.05) is 18.2 Å². The van der Waals surface area contributed by atoms with E-state index < -0.39 is 0 Å². The first-order valence-electron chi connectivity index (χ1n) is 4.39. The van der Waals surface area contributed by atoms with E-state index in [-0.39, 0.29) is 11.1 Å². The van der Waals surface area contributed by atoms with Crippen LogP contribution in [0.5, 0.6) is 0 Å². The summed E-state index contributed by atoms with van der Waals surface area (Å²) in [6.07, 6.45) is 0. The van der Waals surface area contributed by atoms with Gasteiger partial charge in [0.25, 0.3) is 0 Å². The molecule has 1 aromatic rings. The van der Waals surface area contributed by atoms with Crippen LogP contribution in [0, 0.1) is 0 Å². The van der Waals surface area contributed by atoms with Gasteiger partial charge in [0.1, 0.15) is 0 Å². The fourth-order valence-corrected chi connectivity index (χ4v) is 1.54. The summed E-state index contributed by atoms with van der Waals surface area (Å²) in [7, 11) is 0. The molecule has 0 atom stereocenters. The van der Waals surface area contributed by atoms with Crippen molar-refractivity contribution in [3.63, 3.8) is 0 Å². The van der Waals surface area contributed by atoms with Crippen LogP contribution in [0.4, 0.5) is 16.2 Å². The Bertz CT molecular complexity index is 432. The number of carbonyl (C=O) groups excluding carboxylic acids is 1. The molecule has 2 amide bonds. The van der Waals surface area contributed by atoms with Crippen molar-refractivity contribution in [2.45, 2.75) is 6.54 Å². The van der Waals surface area contributed by atoms with E-state index in [0.717, 1.165) is 16.9 Å². The predicted octanol–water partition coefficient (Wildman–Crippen LogP) is 0.977. The van der Waals surface area contributed by atoms with E-state index in [9.17, 15) is 4.79 Å². The second-order valence-corrected chi connectivity index (χ2v) is 3.61. The first-order valence-corrected chi connectivity index (χ1v) is 4.80. The largest absolute Gasteiger partial charge is 0.376 e. The molecule has 1 aromatic carbocycles. The molecule has 6 heteroatoms. The lowest BCUT2D eigenvalue weighted by molar-refractivity contribution is 0.251. The van der Waals surface area contributed by atoms with Crippen LogP contribution in [-0.4, -0.2) is 11.1 Å². The van der Waals surface area contributed by atoms with E-state index in [1.165, 1.54) is 0 Å². The molecule has 5 N–H and O–H groups in total. The minimum Gasteiger partial charge on any atom is -0.376 e. The molecule has 0 spiro atoms. The molecule has 1 aliphatic rings.